The molecule has 0 aliphatic rings. The average molecular weight is 371 g/mol. The van der Waals surface area contributed by atoms with Crippen LogP contribution in [0, 0.1) is 6.92 Å². The molecule has 0 fully saturated rings. The van der Waals surface area contributed by atoms with Gasteiger partial charge in [0.1, 0.15) is 5.75 Å². The molecule has 0 aliphatic heterocycles. The van der Waals surface area contributed by atoms with Gasteiger partial charge in [0.05, 0.1) is 22.9 Å². The van der Waals surface area contributed by atoms with Crippen LogP contribution in [0.1, 0.15) is 5.69 Å². The third-order valence-corrected chi connectivity index (χ3v) is 4.35. The number of hydrogen-bond acceptors (Lipinski definition) is 3. The number of H-pyrrole nitrogens is 1. The molecule has 0 saturated carbocycles. The second-order valence-electron chi connectivity index (χ2n) is 4.86. The highest BCUT2D eigenvalue weighted by Crippen LogP contribution is 2.45. The lowest BCUT2D eigenvalue weighted by Crippen LogP contribution is -2.39. The van der Waals surface area contributed by atoms with E-state index in [-0.39, 0.29) is 22.3 Å². The summed E-state index contributed by atoms with van der Waals surface area (Å²) >= 11 is -0.751. The number of aromatic nitrogens is 1. The summed E-state index contributed by atoms with van der Waals surface area (Å²) in [7, 11) is 1.33. The maximum absolute atomic E-state index is 13.6. The molecule has 2 aromatic rings. The van der Waals surface area contributed by atoms with E-state index in [0.29, 0.717) is 0 Å². The largest absolute Gasteiger partial charge is 0.495 e. The number of aryl methyl sites for hydroxylation is 1. The van der Waals surface area contributed by atoms with Gasteiger partial charge in [0, 0.05) is 5.69 Å². The van der Waals surface area contributed by atoms with Crippen molar-refractivity contribution < 1.29 is 31.1 Å². The fraction of sp³-hybridized carbons (Fsp3) is 0.357. The normalized spacial score (nSPS) is 14.0. The van der Waals surface area contributed by atoms with E-state index in [1.54, 1.807) is 0 Å². The van der Waals surface area contributed by atoms with Gasteiger partial charge >= 0.3 is 11.4 Å². The van der Waals surface area contributed by atoms with E-state index in [1.807, 2.05) is 0 Å². The van der Waals surface area contributed by atoms with Crippen molar-refractivity contribution in [3.63, 3.8) is 0 Å². The molecule has 1 heterocycles. The van der Waals surface area contributed by atoms with E-state index in [9.17, 15) is 31.1 Å². The van der Waals surface area contributed by atoms with Crippen LogP contribution >= 0.6 is 11.8 Å². The number of fused-ring (bicyclic) bond motifs is 1. The van der Waals surface area contributed by atoms with Crippen molar-refractivity contribution in [2.45, 2.75) is 29.4 Å². The quantitative estimate of drug-likeness (QED) is 0.639. The Morgan fingerprint density at radius 2 is 1.83 bits per heavy atom. The van der Waals surface area contributed by atoms with Crippen molar-refractivity contribution in [1.29, 1.82) is 0 Å². The molecule has 10 heteroatoms. The van der Waals surface area contributed by atoms with Crippen LogP contribution in [0.5, 0.6) is 5.75 Å². The number of para-hydroxylation sites is 1. The molecule has 1 N–H and O–H groups in total. The van der Waals surface area contributed by atoms with E-state index in [0.717, 1.165) is 0 Å². The molecular weight excluding hydrogens is 360 g/mol. The number of thioether (sulfide) groups is 1. The Hall–Kier alpha value is -1.84. The monoisotopic (exact) mass is 371 g/mol. The zero-order chi connectivity index (χ0) is 18.3. The van der Waals surface area contributed by atoms with Crippen LogP contribution in [0.3, 0.4) is 0 Å². The second-order valence-corrected chi connectivity index (χ2v) is 6.02. The van der Waals surface area contributed by atoms with Crippen LogP contribution in [0.25, 0.3) is 10.9 Å². The first-order valence-electron chi connectivity index (χ1n) is 6.46. The highest BCUT2D eigenvalue weighted by Gasteiger charge is 2.57. The number of ether oxygens (including phenoxy) is 1. The fourth-order valence-corrected chi connectivity index (χ4v) is 2.97. The van der Waals surface area contributed by atoms with E-state index in [4.69, 9.17) is 4.74 Å². The zero-order valence-corrected chi connectivity index (χ0v) is 13.1. The summed E-state index contributed by atoms with van der Waals surface area (Å²) in [5.41, 5.74) is -0.835. The molecule has 0 amide bonds. The number of aromatic amines is 1. The number of rotatable bonds is 4. The van der Waals surface area contributed by atoms with Gasteiger partial charge < -0.3 is 9.72 Å². The summed E-state index contributed by atoms with van der Waals surface area (Å²) in [5.74, 6) is 0.259. The van der Waals surface area contributed by atoms with Gasteiger partial charge in [0.15, 0.2) is 0 Å². The topological polar surface area (TPSA) is 42.1 Å². The van der Waals surface area contributed by atoms with E-state index in [2.05, 4.69) is 4.98 Å². The van der Waals surface area contributed by atoms with Crippen molar-refractivity contribution in [2.24, 2.45) is 0 Å². The Kier molecular flexibility index (Phi) is 4.80. The lowest BCUT2D eigenvalue weighted by atomic mass is 10.2. The summed E-state index contributed by atoms with van der Waals surface area (Å²) in [6.45, 7) is 1.23. The van der Waals surface area contributed by atoms with Gasteiger partial charge in [-0.1, -0.05) is 6.07 Å². The lowest BCUT2D eigenvalue weighted by molar-refractivity contribution is -0.219. The SMILES string of the molecule is COc1cccc2c(=O)c(SC(F)(F)[C@H](F)C(F)(F)F)c(C)[nH]c12. The minimum absolute atomic E-state index is 0.0549. The fourth-order valence-electron chi connectivity index (χ4n) is 2.06. The minimum atomic E-state index is -5.74. The molecule has 0 bridgehead atoms. The Morgan fingerprint density at radius 3 is 2.38 bits per heavy atom. The minimum Gasteiger partial charge on any atom is -0.495 e. The van der Waals surface area contributed by atoms with Gasteiger partial charge in [-0.2, -0.15) is 22.0 Å². The number of halogens is 6. The van der Waals surface area contributed by atoms with Gasteiger partial charge in [-0.3, -0.25) is 4.79 Å². The molecule has 0 radical (unpaired) electrons. The van der Waals surface area contributed by atoms with Crippen molar-refractivity contribution in [1.82, 2.24) is 4.98 Å². The summed E-state index contributed by atoms with van der Waals surface area (Å²) in [4.78, 5) is 14.3. The zero-order valence-electron chi connectivity index (χ0n) is 12.3. The highest BCUT2D eigenvalue weighted by molar-refractivity contribution is 8.00. The van der Waals surface area contributed by atoms with Crippen LogP contribution in [-0.4, -0.2) is 29.7 Å². The first-order chi connectivity index (χ1) is 11.0. The van der Waals surface area contributed by atoms with E-state index in [1.165, 1.54) is 32.2 Å². The standard InChI is InChI=1S/C14H11F6NO2S/c1-6-11(24-14(19,20)12(15)13(16,17)18)10(22)7-4-3-5-8(23-2)9(7)21-6/h3-5,12H,1-2H3,(H,21,22)/t12-/m1/s1. The molecule has 1 aromatic carbocycles. The third-order valence-electron chi connectivity index (χ3n) is 3.17. The summed E-state index contributed by atoms with van der Waals surface area (Å²) in [6.07, 6.45) is -10.1. The maximum Gasteiger partial charge on any atom is 0.426 e. The van der Waals surface area contributed by atoms with Gasteiger partial charge in [0.25, 0.3) is 6.17 Å². The molecule has 0 aliphatic carbocycles. The van der Waals surface area contributed by atoms with Crippen molar-refractivity contribution >= 4 is 22.7 Å². The first-order valence-corrected chi connectivity index (χ1v) is 7.28. The molecule has 1 atom stereocenters. The number of pyridine rings is 1. The van der Waals surface area contributed by atoms with Gasteiger partial charge in [-0.05, 0) is 30.8 Å². The van der Waals surface area contributed by atoms with Crippen LogP contribution in [0.4, 0.5) is 26.3 Å². The van der Waals surface area contributed by atoms with E-state index >= 15 is 0 Å². The van der Waals surface area contributed by atoms with Crippen LogP contribution in [0.15, 0.2) is 27.9 Å². The molecule has 0 unspecified atom stereocenters. The third kappa shape index (κ3) is 3.33. The molecular formula is C14H11F6NO2S. The molecule has 132 valence electrons. The molecule has 24 heavy (non-hydrogen) atoms. The Balaban J connectivity index is 2.57. The lowest BCUT2D eigenvalue weighted by Gasteiger charge is -2.22. The number of methoxy groups -OCH3 is 1. The highest BCUT2D eigenvalue weighted by atomic mass is 32.2. The van der Waals surface area contributed by atoms with Crippen molar-refractivity contribution in [3.05, 3.63) is 34.1 Å². The molecule has 0 saturated heterocycles. The molecule has 2 rings (SSSR count). The molecule has 0 spiro atoms. The maximum atomic E-state index is 13.6. The van der Waals surface area contributed by atoms with Crippen molar-refractivity contribution in [2.75, 3.05) is 7.11 Å². The molecule has 3 nitrogen and oxygen atoms in total. The molecule has 1 aromatic heterocycles. The van der Waals surface area contributed by atoms with Gasteiger partial charge in [-0.15, -0.1) is 0 Å². The summed E-state index contributed by atoms with van der Waals surface area (Å²) in [5, 5.41) is -4.90. The Bertz CT molecular complexity index is 817. The Morgan fingerprint density at radius 1 is 1.21 bits per heavy atom. The smallest absolute Gasteiger partial charge is 0.426 e. The van der Waals surface area contributed by atoms with Crippen LogP contribution in [0.2, 0.25) is 0 Å². The van der Waals surface area contributed by atoms with Crippen LogP contribution < -0.4 is 10.2 Å². The second kappa shape index (κ2) is 6.23. The Labute approximate surface area is 136 Å². The van der Waals surface area contributed by atoms with Crippen molar-refractivity contribution in [3.8, 4) is 5.75 Å². The van der Waals surface area contributed by atoms with Gasteiger partial charge in [-0.25, -0.2) is 4.39 Å². The summed E-state index contributed by atoms with van der Waals surface area (Å²) in [6, 6.07) is 4.24. The van der Waals surface area contributed by atoms with Crippen LogP contribution in [-0.2, 0) is 0 Å². The predicted molar refractivity (Wildman–Crippen MR) is 77.6 cm³/mol. The number of hydrogen-bond donors (Lipinski definition) is 1. The number of alkyl halides is 6. The number of benzene rings is 1. The number of nitrogens with one attached hydrogen (secondary N) is 1. The average Bonchev–Trinajstić information content (AvgIpc) is 2.49. The summed E-state index contributed by atoms with van der Waals surface area (Å²) < 4.78 is 81.9. The first kappa shape index (κ1) is 18.5. The predicted octanol–water partition coefficient (Wildman–Crippen LogP) is 4.43. The van der Waals surface area contributed by atoms with Gasteiger partial charge in [0.2, 0.25) is 5.43 Å². The van der Waals surface area contributed by atoms with E-state index < -0.39 is 39.7 Å².